The number of methoxy groups -OCH3 is 1. The highest BCUT2D eigenvalue weighted by atomic mass is 32.1. The third-order valence-electron chi connectivity index (χ3n) is 1.32. The van der Waals surface area contributed by atoms with Gasteiger partial charge in [0.2, 0.25) is 0 Å². The van der Waals surface area contributed by atoms with Crippen molar-refractivity contribution in [1.82, 2.24) is 10.3 Å². The van der Waals surface area contributed by atoms with Gasteiger partial charge < -0.3 is 10.5 Å². The van der Waals surface area contributed by atoms with Gasteiger partial charge in [0.05, 0.1) is 12.4 Å². The predicted molar refractivity (Wildman–Crippen MR) is 49.3 cm³/mol. The zero-order chi connectivity index (χ0) is 9.68. The number of nitrogens with one attached hydrogen (secondary N) is 1. The van der Waals surface area contributed by atoms with Crippen LogP contribution in [0.1, 0.15) is 15.5 Å². The molecular formula is C7H11N3O2S. The Morgan fingerprint density at radius 2 is 2.62 bits per heavy atom. The van der Waals surface area contributed by atoms with Crippen LogP contribution >= 0.6 is 11.3 Å². The summed E-state index contributed by atoms with van der Waals surface area (Å²) < 4.78 is 4.79. The van der Waals surface area contributed by atoms with Gasteiger partial charge >= 0.3 is 0 Å². The van der Waals surface area contributed by atoms with Crippen molar-refractivity contribution in [2.45, 2.75) is 6.54 Å². The van der Waals surface area contributed by atoms with Gasteiger partial charge in [0.1, 0.15) is 0 Å². The lowest BCUT2D eigenvalue weighted by Crippen LogP contribution is -2.16. The summed E-state index contributed by atoms with van der Waals surface area (Å²) in [4.78, 5) is 14.7. The minimum Gasteiger partial charge on any atom is -0.370 e. The van der Waals surface area contributed by atoms with Crippen molar-refractivity contribution >= 4 is 17.2 Å². The van der Waals surface area contributed by atoms with Gasteiger partial charge in [0.15, 0.2) is 5.01 Å². The number of thiazole rings is 1. The molecule has 0 saturated heterocycles. The lowest BCUT2D eigenvalue weighted by Gasteiger charge is -1.98. The van der Waals surface area contributed by atoms with Crippen LogP contribution in [0.5, 0.6) is 0 Å². The maximum absolute atomic E-state index is 10.7. The number of ether oxygens (including phenoxy) is 1. The number of nitrogens with zero attached hydrogens (tertiary/aromatic N) is 1. The highest BCUT2D eigenvalue weighted by Crippen LogP contribution is 2.08. The minimum absolute atomic E-state index is 0.342. The standard InChI is InChI=1S/C7H11N3O2S/c1-12-4-9-2-5-3-13-7(10-5)6(8)11/h3,9H,2,4H2,1H3,(H2,8,11). The second kappa shape index (κ2) is 4.90. The lowest BCUT2D eigenvalue weighted by atomic mass is 10.5. The monoisotopic (exact) mass is 201 g/mol. The molecule has 72 valence electrons. The summed E-state index contributed by atoms with van der Waals surface area (Å²) in [5, 5.41) is 5.11. The third kappa shape index (κ3) is 3.10. The Morgan fingerprint density at radius 3 is 3.15 bits per heavy atom. The van der Waals surface area contributed by atoms with Crippen molar-refractivity contribution in [3.63, 3.8) is 0 Å². The summed E-state index contributed by atoms with van der Waals surface area (Å²) in [7, 11) is 1.60. The summed E-state index contributed by atoms with van der Waals surface area (Å²) >= 11 is 1.25. The van der Waals surface area contributed by atoms with E-state index >= 15 is 0 Å². The number of hydrogen-bond donors (Lipinski definition) is 2. The highest BCUT2D eigenvalue weighted by molar-refractivity contribution is 7.11. The molecule has 1 amide bonds. The van der Waals surface area contributed by atoms with Gasteiger partial charge in [0.25, 0.3) is 5.91 Å². The first-order chi connectivity index (χ1) is 6.24. The van der Waals surface area contributed by atoms with Gasteiger partial charge in [-0.25, -0.2) is 4.98 Å². The molecule has 0 atom stereocenters. The molecule has 13 heavy (non-hydrogen) atoms. The van der Waals surface area contributed by atoms with E-state index in [1.54, 1.807) is 12.5 Å². The largest absolute Gasteiger partial charge is 0.370 e. The number of amides is 1. The molecule has 0 aliphatic rings. The van der Waals surface area contributed by atoms with Crippen molar-refractivity contribution in [1.29, 1.82) is 0 Å². The molecule has 5 nitrogen and oxygen atoms in total. The van der Waals surface area contributed by atoms with Crippen molar-refractivity contribution in [2.75, 3.05) is 13.8 Å². The van der Waals surface area contributed by atoms with E-state index in [9.17, 15) is 4.79 Å². The van der Waals surface area contributed by atoms with E-state index in [4.69, 9.17) is 10.5 Å². The molecule has 0 spiro atoms. The van der Waals surface area contributed by atoms with Crippen molar-refractivity contribution < 1.29 is 9.53 Å². The molecule has 0 fully saturated rings. The summed E-state index contributed by atoms with van der Waals surface area (Å²) in [5.41, 5.74) is 5.85. The van der Waals surface area contributed by atoms with E-state index in [0.29, 0.717) is 18.3 Å². The molecule has 6 heteroatoms. The summed E-state index contributed by atoms with van der Waals surface area (Å²) in [6.07, 6.45) is 0. The molecule has 1 aromatic heterocycles. The number of aromatic nitrogens is 1. The van der Waals surface area contributed by atoms with Crippen LogP contribution < -0.4 is 11.1 Å². The van der Waals surface area contributed by atoms with E-state index in [1.807, 2.05) is 0 Å². The summed E-state index contributed by atoms with van der Waals surface area (Å²) in [5.74, 6) is -0.483. The van der Waals surface area contributed by atoms with Crippen LogP contribution in [0, 0.1) is 0 Å². The van der Waals surface area contributed by atoms with E-state index in [2.05, 4.69) is 10.3 Å². The van der Waals surface area contributed by atoms with Crippen LogP contribution in [0.2, 0.25) is 0 Å². The van der Waals surface area contributed by atoms with Crippen LogP contribution in [-0.4, -0.2) is 24.7 Å². The smallest absolute Gasteiger partial charge is 0.277 e. The fourth-order valence-corrected chi connectivity index (χ4v) is 1.45. The Bertz CT molecular complexity index is 287. The fourth-order valence-electron chi connectivity index (χ4n) is 0.783. The molecule has 0 saturated carbocycles. The summed E-state index contributed by atoms with van der Waals surface area (Å²) in [6, 6.07) is 0. The molecular weight excluding hydrogens is 190 g/mol. The second-order valence-corrected chi connectivity index (χ2v) is 3.23. The first-order valence-electron chi connectivity index (χ1n) is 3.68. The van der Waals surface area contributed by atoms with Crippen molar-refractivity contribution in [2.24, 2.45) is 5.73 Å². The lowest BCUT2D eigenvalue weighted by molar-refractivity contribution is 0.0999. The van der Waals surface area contributed by atoms with Crippen LogP contribution in [0.3, 0.4) is 0 Å². The number of primary amides is 1. The molecule has 0 aliphatic heterocycles. The maximum atomic E-state index is 10.7. The van der Waals surface area contributed by atoms with Crippen LogP contribution in [0.25, 0.3) is 0 Å². The van der Waals surface area contributed by atoms with E-state index in [0.717, 1.165) is 5.69 Å². The topological polar surface area (TPSA) is 77.2 Å². The van der Waals surface area contributed by atoms with E-state index in [1.165, 1.54) is 11.3 Å². The molecule has 0 aromatic carbocycles. The second-order valence-electron chi connectivity index (χ2n) is 2.37. The Balaban J connectivity index is 2.44. The number of carbonyl (C=O) groups is 1. The Morgan fingerprint density at radius 1 is 1.85 bits per heavy atom. The molecule has 0 unspecified atom stereocenters. The number of rotatable bonds is 5. The highest BCUT2D eigenvalue weighted by Gasteiger charge is 2.05. The molecule has 1 heterocycles. The number of hydrogen-bond acceptors (Lipinski definition) is 5. The van der Waals surface area contributed by atoms with Gasteiger partial charge in [-0.3, -0.25) is 10.1 Å². The Hall–Kier alpha value is -0.980. The Kier molecular flexibility index (Phi) is 3.81. The predicted octanol–water partition coefficient (Wildman–Crippen LogP) is -0.0645. The van der Waals surface area contributed by atoms with Crippen LogP contribution in [0.15, 0.2) is 5.38 Å². The molecule has 3 N–H and O–H groups in total. The van der Waals surface area contributed by atoms with E-state index < -0.39 is 5.91 Å². The molecule has 0 bridgehead atoms. The van der Waals surface area contributed by atoms with Crippen LogP contribution in [-0.2, 0) is 11.3 Å². The van der Waals surface area contributed by atoms with E-state index in [-0.39, 0.29) is 0 Å². The Labute approximate surface area is 79.9 Å². The first kappa shape index (κ1) is 10.1. The van der Waals surface area contributed by atoms with Crippen molar-refractivity contribution in [3.05, 3.63) is 16.1 Å². The number of nitrogens with two attached hydrogens (primary N) is 1. The normalized spacial score (nSPS) is 10.2. The van der Waals surface area contributed by atoms with Gasteiger partial charge in [-0.15, -0.1) is 11.3 Å². The van der Waals surface area contributed by atoms with Gasteiger partial charge in [-0.05, 0) is 0 Å². The minimum atomic E-state index is -0.483. The molecule has 1 rings (SSSR count). The number of carbonyl (C=O) groups excluding carboxylic acids is 1. The zero-order valence-corrected chi connectivity index (χ0v) is 8.06. The third-order valence-corrected chi connectivity index (χ3v) is 2.22. The average Bonchev–Trinajstić information content (AvgIpc) is 2.53. The van der Waals surface area contributed by atoms with Gasteiger partial charge in [-0.1, -0.05) is 0 Å². The summed E-state index contributed by atoms with van der Waals surface area (Å²) in [6.45, 7) is 1.04. The molecule has 1 aromatic rings. The SMILES string of the molecule is COCNCc1csc(C(N)=O)n1. The first-order valence-corrected chi connectivity index (χ1v) is 4.56. The maximum Gasteiger partial charge on any atom is 0.277 e. The van der Waals surface area contributed by atoms with Gasteiger partial charge in [-0.2, -0.15) is 0 Å². The van der Waals surface area contributed by atoms with Crippen molar-refractivity contribution in [3.8, 4) is 0 Å². The fraction of sp³-hybridized carbons (Fsp3) is 0.429. The van der Waals surface area contributed by atoms with Crippen LogP contribution in [0.4, 0.5) is 0 Å². The molecule has 0 aliphatic carbocycles. The zero-order valence-electron chi connectivity index (χ0n) is 7.24. The quantitative estimate of drug-likeness (QED) is 0.516. The van der Waals surface area contributed by atoms with Gasteiger partial charge in [0, 0.05) is 19.0 Å². The average molecular weight is 201 g/mol. The molecule has 0 radical (unpaired) electrons.